The first-order valence-electron chi connectivity index (χ1n) is 7.69. The minimum absolute atomic E-state index is 0.342. The molecule has 3 atom stereocenters. The molecule has 2 heteroatoms. The molecule has 1 aromatic rings. The maximum atomic E-state index is 6.05. The van der Waals surface area contributed by atoms with Crippen LogP contribution in [0.4, 0.5) is 0 Å². The Morgan fingerprint density at radius 2 is 2.00 bits per heavy atom. The predicted molar refractivity (Wildman–Crippen MR) is 82.3 cm³/mol. The monoisotopic (exact) mass is 260 g/mol. The van der Waals surface area contributed by atoms with Crippen LogP contribution in [0.3, 0.4) is 0 Å². The number of hydrogen-bond acceptors (Lipinski definition) is 2. The SMILES string of the molecule is CC(CCN1CCCC(C(C)N)C1)c1ccccc1. The van der Waals surface area contributed by atoms with E-state index in [1.165, 1.54) is 44.5 Å². The van der Waals surface area contributed by atoms with Crippen molar-refractivity contribution in [2.45, 2.75) is 45.1 Å². The largest absolute Gasteiger partial charge is 0.328 e. The maximum Gasteiger partial charge on any atom is 0.00509 e. The zero-order valence-electron chi connectivity index (χ0n) is 12.4. The molecule has 2 rings (SSSR count). The highest BCUT2D eigenvalue weighted by Gasteiger charge is 2.22. The van der Waals surface area contributed by atoms with Crippen molar-refractivity contribution < 1.29 is 0 Å². The number of rotatable bonds is 5. The van der Waals surface area contributed by atoms with Crippen molar-refractivity contribution in [3.05, 3.63) is 35.9 Å². The summed E-state index contributed by atoms with van der Waals surface area (Å²) in [6, 6.07) is 11.2. The number of benzene rings is 1. The normalized spacial score (nSPS) is 24.1. The Bertz CT molecular complexity index is 361. The molecular weight excluding hydrogens is 232 g/mol. The summed E-state index contributed by atoms with van der Waals surface area (Å²) in [6.07, 6.45) is 3.87. The first kappa shape index (κ1) is 14.5. The lowest BCUT2D eigenvalue weighted by molar-refractivity contribution is 0.157. The van der Waals surface area contributed by atoms with Crippen molar-refractivity contribution in [2.75, 3.05) is 19.6 Å². The van der Waals surface area contributed by atoms with E-state index in [-0.39, 0.29) is 0 Å². The lowest BCUT2D eigenvalue weighted by Crippen LogP contribution is -2.42. The van der Waals surface area contributed by atoms with E-state index in [9.17, 15) is 0 Å². The summed E-state index contributed by atoms with van der Waals surface area (Å²) in [4.78, 5) is 2.61. The van der Waals surface area contributed by atoms with Crippen molar-refractivity contribution in [1.29, 1.82) is 0 Å². The van der Waals surface area contributed by atoms with E-state index in [1.807, 2.05) is 0 Å². The minimum atomic E-state index is 0.342. The molecule has 0 bridgehead atoms. The van der Waals surface area contributed by atoms with Gasteiger partial charge in [-0.05, 0) is 56.7 Å². The molecule has 0 amide bonds. The number of nitrogens with two attached hydrogens (primary N) is 1. The molecule has 106 valence electrons. The molecule has 0 radical (unpaired) electrons. The first-order chi connectivity index (χ1) is 9.16. The molecule has 0 aromatic heterocycles. The fourth-order valence-electron chi connectivity index (χ4n) is 3.05. The van der Waals surface area contributed by atoms with Gasteiger partial charge in [-0.1, -0.05) is 37.3 Å². The molecule has 0 spiro atoms. The highest BCUT2D eigenvalue weighted by molar-refractivity contribution is 5.18. The third kappa shape index (κ3) is 4.32. The quantitative estimate of drug-likeness (QED) is 0.880. The molecule has 1 aliphatic rings. The second-order valence-corrected chi connectivity index (χ2v) is 6.16. The summed E-state index contributed by atoms with van der Waals surface area (Å²) >= 11 is 0. The van der Waals surface area contributed by atoms with Crippen molar-refractivity contribution in [3.63, 3.8) is 0 Å². The van der Waals surface area contributed by atoms with Crippen LogP contribution in [0.2, 0.25) is 0 Å². The fourth-order valence-corrected chi connectivity index (χ4v) is 3.05. The molecule has 0 aliphatic carbocycles. The molecule has 1 saturated heterocycles. The Labute approximate surface area is 118 Å². The van der Waals surface area contributed by atoms with E-state index < -0.39 is 0 Å². The molecule has 1 aliphatic heterocycles. The van der Waals surface area contributed by atoms with Crippen molar-refractivity contribution >= 4 is 0 Å². The van der Waals surface area contributed by atoms with Gasteiger partial charge in [-0.15, -0.1) is 0 Å². The standard InChI is InChI=1S/C17H28N2/c1-14(16-7-4-3-5-8-16)10-12-19-11-6-9-17(13-19)15(2)18/h3-5,7-8,14-15,17H,6,9-13,18H2,1-2H3. The van der Waals surface area contributed by atoms with Crippen molar-refractivity contribution in [2.24, 2.45) is 11.7 Å². The van der Waals surface area contributed by atoms with Crippen molar-refractivity contribution in [3.8, 4) is 0 Å². The van der Waals surface area contributed by atoms with Crippen LogP contribution in [-0.4, -0.2) is 30.6 Å². The highest BCUT2D eigenvalue weighted by atomic mass is 15.1. The van der Waals surface area contributed by atoms with Crippen LogP contribution in [0, 0.1) is 5.92 Å². The van der Waals surface area contributed by atoms with Gasteiger partial charge in [0, 0.05) is 12.6 Å². The van der Waals surface area contributed by atoms with E-state index in [1.54, 1.807) is 0 Å². The second-order valence-electron chi connectivity index (χ2n) is 6.16. The number of hydrogen-bond donors (Lipinski definition) is 1. The number of piperidine rings is 1. The van der Waals surface area contributed by atoms with E-state index in [2.05, 4.69) is 49.1 Å². The maximum absolute atomic E-state index is 6.05. The second kappa shape index (κ2) is 7.06. The zero-order chi connectivity index (χ0) is 13.7. The van der Waals surface area contributed by atoms with Crippen LogP contribution in [0.1, 0.15) is 44.6 Å². The van der Waals surface area contributed by atoms with Gasteiger partial charge in [-0.3, -0.25) is 0 Å². The minimum Gasteiger partial charge on any atom is -0.328 e. The van der Waals surface area contributed by atoms with Gasteiger partial charge in [-0.2, -0.15) is 0 Å². The van der Waals surface area contributed by atoms with E-state index >= 15 is 0 Å². The molecule has 2 nitrogen and oxygen atoms in total. The van der Waals surface area contributed by atoms with Crippen LogP contribution in [0.25, 0.3) is 0 Å². The van der Waals surface area contributed by atoms with Crippen LogP contribution in [0.5, 0.6) is 0 Å². The van der Waals surface area contributed by atoms with Gasteiger partial charge in [0.1, 0.15) is 0 Å². The van der Waals surface area contributed by atoms with Crippen LogP contribution < -0.4 is 5.73 Å². The smallest absolute Gasteiger partial charge is 0.00509 e. The van der Waals surface area contributed by atoms with Gasteiger partial charge in [0.05, 0.1) is 0 Å². The summed E-state index contributed by atoms with van der Waals surface area (Å²) in [5.74, 6) is 1.35. The molecule has 1 fully saturated rings. The average molecular weight is 260 g/mol. The van der Waals surface area contributed by atoms with Crippen molar-refractivity contribution in [1.82, 2.24) is 4.90 Å². The Hall–Kier alpha value is -0.860. The zero-order valence-corrected chi connectivity index (χ0v) is 12.4. The van der Waals surface area contributed by atoms with Gasteiger partial charge in [0.15, 0.2) is 0 Å². The molecule has 0 saturated carbocycles. The summed E-state index contributed by atoms with van der Waals surface area (Å²) < 4.78 is 0. The average Bonchev–Trinajstić information content (AvgIpc) is 2.46. The Morgan fingerprint density at radius 1 is 1.26 bits per heavy atom. The Morgan fingerprint density at radius 3 is 2.68 bits per heavy atom. The van der Waals surface area contributed by atoms with Gasteiger partial charge >= 0.3 is 0 Å². The summed E-state index contributed by atoms with van der Waals surface area (Å²) in [5.41, 5.74) is 7.51. The third-order valence-corrected chi connectivity index (χ3v) is 4.53. The van der Waals surface area contributed by atoms with Crippen LogP contribution >= 0.6 is 0 Å². The van der Waals surface area contributed by atoms with Gasteiger partial charge in [-0.25, -0.2) is 0 Å². The van der Waals surface area contributed by atoms with E-state index in [4.69, 9.17) is 5.73 Å². The molecule has 1 aromatic carbocycles. The van der Waals surface area contributed by atoms with Gasteiger partial charge in [0.2, 0.25) is 0 Å². The molecule has 2 N–H and O–H groups in total. The fraction of sp³-hybridized carbons (Fsp3) is 0.647. The van der Waals surface area contributed by atoms with E-state index in [0.29, 0.717) is 17.9 Å². The predicted octanol–water partition coefficient (Wildman–Crippen LogP) is 3.24. The highest BCUT2D eigenvalue weighted by Crippen LogP contribution is 2.22. The third-order valence-electron chi connectivity index (χ3n) is 4.53. The topological polar surface area (TPSA) is 29.3 Å². The Balaban J connectivity index is 1.79. The van der Waals surface area contributed by atoms with Gasteiger partial charge in [0.25, 0.3) is 0 Å². The summed E-state index contributed by atoms with van der Waals surface area (Å²) in [5, 5.41) is 0. The number of likely N-dealkylation sites (tertiary alicyclic amines) is 1. The molecular formula is C17H28N2. The van der Waals surface area contributed by atoms with E-state index in [0.717, 1.165) is 0 Å². The summed E-state index contributed by atoms with van der Waals surface area (Å²) in [6.45, 7) is 8.15. The number of nitrogens with zero attached hydrogens (tertiary/aromatic N) is 1. The lowest BCUT2D eigenvalue weighted by Gasteiger charge is -2.35. The van der Waals surface area contributed by atoms with Crippen LogP contribution in [-0.2, 0) is 0 Å². The lowest BCUT2D eigenvalue weighted by atomic mass is 9.91. The molecule has 3 unspecified atom stereocenters. The van der Waals surface area contributed by atoms with Gasteiger partial charge < -0.3 is 10.6 Å². The first-order valence-corrected chi connectivity index (χ1v) is 7.69. The van der Waals surface area contributed by atoms with Crippen LogP contribution in [0.15, 0.2) is 30.3 Å². The summed E-state index contributed by atoms with van der Waals surface area (Å²) in [7, 11) is 0. The Kier molecular flexibility index (Phi) is 5.41. The molecule has 1 heterocycles. The molecule has 19 heavy (non-hydrogen) atoms.